The van der Waals surface area contributed by atoms with Gasteiger partial charge in [-0.3, -0.25) is 0 Å². The molecule has 1 aliphatic heterocycles. The number of halogens is 1. The minimum absolute atomic E-state index is 0.128. The Morgan fingerprint density at radius 2 is 1.77 bits per heavy atom. The third kappa shape index (κ3) is 6.33. The summed E-state index contributed by atoms with van der Waals surface area (Å²) >= 11 is 0. The summed E-state index contributed by atoms with van der Waals surface area (Å²) in [5.74, 6) is -2.01. The quantitative estimate of drug-likeness (QED) is 0.356. The molecule has 3 aromatic rings. The standard InChI is InChI=1S/C26H25FN2O6/c27-21-9-7-19(8-10-21)22-11-12-29(35-26(32)33)15-23(22)24(28-34-16-25(30)31)14-17-5-6-18-3-1-2-4-20(18)13-17/h1-10,13,22-23H,11-12,14-16H2,(H,30,31)(H,32,33)/b28-24-. The highest BCUT2D eigenvalue weighted by molar-refractivity contribution is 5.91. The molecule has 1 aliphatic rings. The van der Waals surface area contributed by atoms with Gasteiger partial charge in [0.15, 0.2) is 0 Å². The number of hydroxylamine groups is 2. The number of piperidine rings is 1. The molecule has 0 aliphatic carbocycles. The summed E-state index contributed by atoms with van der Waals surface area (Å²) in [6.07, 6.45) is -0.536. The largest absolute Gasteiger partial charge is 0.525 e. The van der Waals surface area contributed by atoms with Gasteiger partial charge < -0.3 is 19.9 Å². The normalized spacial score (nSPS) is 18.8. The number of benzene rings is 3. The number of carboxylic acids is 1. The highest BCUT2D eigenvalue weighted by Crippen LogP contribution is 2.35. The van der Waals surface area contributed by atoms with Crippen LogP contribution in [0.25, 0.3) is 10.8 Å². The molecule has 2 atom stereocenters. The number of nitrogens with zero attached hydrogens (tertiary/aromatic N) is 2. The zero-order chi connectivity index (χ0) is 24.8. The molecule has 1 heterocycles. The molecular weight excluding hydrogens is 455 g/mol. The molecule has 9 heteroatoms. The molecule has 182 valence electrons. The number of carboxylic acid groups (broad SMARTS) is 2. The fourth-order valence-electron chi connectivity index (χ4n) is 4.52. The molecule has 1 fully saturated rings. The predicted molar refractivity (Wildman–Crippen MR) is 127 cm³/mol. The summed E-state index contributed by atoms with van der Waals surface area (Å²) in [5, 5.41) is 25.8. The van der Waals surface area contributed by atoms with Crippen LogP contribution in [0.1, 0.15) is 23.5 Å². The van der Waals surface area contributed by atoms with Crippen LogP contribution < -0.4 is 0 Å². The van der Waals surface area contributed by atoms with Gasteiger partial charge in [0.2, 0.25) is 6.61 Å². The molecule has 0 spiro atoms. The molecule has 4 rings (SSSR count). The van der Waals surface area contributed by atoms with Crippen LogP contribution in [0.4, 0.5) is 9.18 Å². The van der Waals surface area contributed by atoms with Crippen molar-refractivity contribution in [1.82, 2.24) is 5.06 Å². The fourth-order valence-corrected chi connectivity index (χ4v) is 4.52. The van der Waals surface area contributed by atoms with E-state index >= 15 is 0 Å². The van der Waals surface area contributed by atoms with E-state index in [-0.39, 0.29) is 24.2 Å². The lowest BCUT2D eigenvalue weighted by atomic mass is 9.77. The highest BCUT2D eigenvalue weighted by atomic mass is 19.1. The first-order chi connectivity index (χ1) is 16.9. The van der Waals surface area contributed by atoms with E-state index in [1.54, 1.807) is 12.1 Å². The van der Waals surface area contributed by atoms with Gasteiger partial charge in [0.25, 0.3) is 0 Å². The van der Waals surface area contributed by atoms with Crippen LogP contribution in [0.3, 0.4) is 0 Å². The van der Waals surface area contributed by atoms with E-state index < -0.39 is 18.7 Å². The molecule has 2 unspecified atom stereocenters. The van der Waals surface area contributed by atoms with Crippen molar-refractivity contribution >= 4 is 28.6 Å². The summed E-state index contributed by atoms with van der Waals surface area (Å²) in [6.45, 7) is -0.0637. The zero-order valence-electron chi connectivity index (χ0n) is 18.8. The number of aliphatic carboxylic acids is 1. The van der Waals surface area contributed by atoms with Crippen molar-refractivity contribution in [3.8, 4) is 0 Å². The Morgan fingerprint density at radius 3 is 2.49 bits per heavy atom. The van der Waals surface area contributed by atoms with Crippen molar-refractivity contribution < 1.29 is 33.9 Å². The Kier molecular flexibility index (Phi) is 7.57. The SMILES string of the molecule is O=C(O)CO/N=C(/Cc1ccc2ccccc2c1)C1CN(OC(=O)O)CCC1c1ccc(F)cc1. The average Bonchev–Trinajstić information content (AvgIpc) is 2.83. The van der Waals surface area contributed by atoms with Crippen LogP contribution in [0.2, 0.25) is 0 Å². The number of hydrogen-bond acceptors (Lipinski definition) is 6. The van der Waals surface area contributed by atoms with E-state index in [2.05, 4.69) is 5.16 Å². The monoisotopic (exact) mass is 480 g/mol. The van der Waals surface area contributed by atoms with Gasteiger partial charge >= 0.3 is 12.1 Å². The smallest absolute Gasteiger partial charge is 0.479 e. The maximum absolute atomic E-state index is 13.6. The summed E-state index contributed by atoms with van der Waals surface area (Å²) in [6, 6.07) is 20.1. The second kappa shape index (κ2) is 11.0. The van der Waals surface area contributed by atoms with E-state index in [0.717, 1.165) is 21.9 Å². The molecule has 0 aromatic heterocycles. The molecule has 0 radical (unpaired) electrons. The summed E-state index contributed by atoms with van der Waals surface area (Å²) in [5.41, 5.74) is 2.36. The predicted octanol–water partition coefficient (Wildman–Crippen LogP) is 4.69. The van der Waals surface area contributed by atoms with Gasteiger partial charge in [-0.05, 0) is 46.4 Å². The van der Waals surface area contributed by atoms with Crippen molar-refractivity contribution in [2.24, 2.45) is 11.1 Å². The molecule has 0 bridgehead atoms. The third-order valence-electron chi connectivity index (χ3n) is 6.08. The molecule has 3 aromatic carbocycles. The van der Waals surface area contributed by atoms with E-state index in [4.69, 9.17) is 19.9 Å². The van der Waals surface area contributed by atoms with Crippen molar-refractivity contribution in [1.29, 1.82) is 0 Å². The van der Waals surface area contributed by atoms with E-state index in [1.807, 2.05) is 42.5 Å². The van der Waals surface area contributed by atoms with Gasteiger partial charge in [0.1, 0.15) is 5.82 Å². The summed E-state index contributed by atoms with van der Waals surface area (Å²) in [4.78, 5) is 32.3. The maximum atomic E-state index is 13.6. The Hall–Kier alpha value is -3.98. The molecule has 0 saturated carbocycles. The second-order valence-electron chi connectivity index (χ2n) is 8.41. The molecule has 1 saturated heterocycles. The maximum Gasteiger partial charge on any atom is 0.525 e. The van der Waals surface area contributed by atoms with E-state index in [1.165, 1.54) is 17.2 Å². The van der Waals surface area contributed by atoms with Crippen LogP contribution in [0.5, 0.6) is 0 Å². The molecule has 2 N–H and O–H groups in total. The first-order valence-corrected chi connectivity index (χ1v) is 11.2. The van der Waals surface area contributed by atoms with Crippen LogP contribution in [-0.4, -0.2) is 52.8 Å². The number of fused-ring (bicyclic) bond motifs is 1. The lowest BCUT2D eigenvalue weighted by Crippen LogP contribution is -2.44. The number of carbonyl (C=O) groups is 2. The van der Waals surface area contributed by atoms with Gasteiger partial charge in [-0.15, -0.1) is 5.06 Å². The van der Waals surface area contributed by atoms with Gasteiger partial charge in [0.05, 0.1) is 5.71 Å². The number of rotatable bonds is 8. The van der Waals surface area contributed by atoms with Crippen molar-refractivity contribution in [3.63, 3.8) is 0 Å². The summed E-state index contributed by atoms with van der Waals surface area (Å²) in [7, 11) is 0. The van der Waals surface area contributed by atoms with Crippen LogP contribution >= 0.6 is 0 Å². The Labute approximate surface area is 201 Å². The molecule has 0 amide bonds. The Morgan fingerprint density at radius 1 is 1.03 bits per heavy atom. The van der Waals surface area contributed by atoms with Crippen LogP contribution in [-0.2, 0) is 20.9 Å². The average molecular weight is 480 g/mol. The minimum Gasteiger partial charge on any atom is -0.479 e. The lowest BCUT2D eigenvalue weighted by molar-refractivity contribution is -0.142. The van der Waals surface area contributed by atoms with E-state index in [0.29, 0.717) is 25.1 Å². The third-order valence-corrected chi connectivity index (χ3v) is 6.08. The Balaban J connectivity index is 1.69. The number of hydrogen-bond donors (Lipinski definition) is 2. The molecule has 35 heavy (non-hydrogen) atoms. The molecule has 8 nitrogen and oxygen atoms in total. The van der Waals surface area contributed by atoms with E-state index in [9.17, 15) is 14.0 Å². The topological polar surface area (TPSA) is 109 Å². The first kappa shape index (κ1) is 24.2. The van der Waals surface area contributed by atoms with Gasteiger partial charge in [-0.25, -0.2) is 14.0 Å². The highest BCUT2D eigenvalue weighted by Gasteiger charge is 2.36. The van der Waals surface area contributed by atoms with Gasteiger partial charge in [-0.1, -0.05) is 59.8 Å². The van der Waals surface area contributed by atoms with Crippen molar-refractivity contribution in [2.75, 3.05) is 19.7 Å². The van der Waals surface area contributed by atoms with Crippen LogP contribution in [0.15, 0.2) is 71.9 Å². The lowest BCUT2D eigenvalue weighted by Gasteiger charge is -2.37. The minimum atomic E-state index is -1.42. The first-order valence-electron chi connectivity index (χ1n) is 11.2. The summed E-state index contributed by atoms with van der Waals surface area (Å²) < 4.78 is 13.6. The fraction of sp³-hybridized carbons (Fsp3) is 0.269. The van der Waals surface area contributed by atoms with Gasteiger partial charge in [-0.2, -0.15) is 0 Å². The molecular formula is C26H25FN2O6. The van der Waals surface area contributed by atoms with Crippen molar-refractivity contribution in [2.45, 2.75) is 18.8 Å². The zero-order valence-corrected chi connectivity index (χ0v) is 18.8. The number of oxime groups is 1. The van der Waals surface area contributed by atoms with Crippen LogP contribution in [0, 0.1) is 11.7 Å². The second-order valence-corrected chi connectivity index (χ2v) is 8.41. The Bertz CT molecular complexity index is 1230. The van der Waals surface area contributed by atoms with Gasteiger partial charge in [0, 0.05) is 25.4 Å². The van der Waals surface area contributed by atoms with Crippen molar-refractivity contribution in [3.05, 3.63) is 83.7 Å².